The molecule has 2 heterocycles. The number of anilines is 1. The van der Waals surface area contributed by atoms with Crippen LogP contribution in [0.1, 0.15) is 11.3 Å². The van der Waals surface area contributed by atoms with Gasteiger partial charge >= 0.3 is 0 Å². The number of aryl methyl sites for hydroxylation is 2. The van der Waals surface area contributed by atoms with Gasteiger partial charge in [-0.25, -0.2) is 4.98 Å². The van der Waals surface area contributed by atoms with Crippen molar-refractivity contribution in [1.82, 2.24) is 4.98 Å². The Morgan fingerprint density at radius 1 is 1.03 bits per heavy atom. The number of aromatic nitrogens is 1. The predicted molar refractivity (Wildman–Crippen MR) is 117 cm³/mol. The minimum atomic E-state index is -0.345. The number of carbonyl (C=O) groups is 1. The fourth-order valence-electron chi connectivity index (χ4n) is 3.01. The van der Waals surface area contributed by atoms with Crippen molar-refractivity contribution in [2.45, 2.75) is 13.8 Å². The zero-order valence-electron chi connectivity index (χ0n) is 17.0. The lowest BCUT2D eigenvalue weighted by Gasteiger charge is -2.10. The average Bonchev–Trinajstić information content (AvgIpc) is 2.76. The summed E-state index contributed by atoms with van der Waals surface area (Å²) in [5.41, 5.74) is 1.06. The lowest BCUT2D eigenvalue weighted by Crippen LogP contribution is -2.20. The van der Waals surface area contributed by atoms with Crippen molar-refractivity contribution in [2.75, 3.05) is 11.9 Å². The van der Waals surface area contributed by atoms with Crippen molar-refractivity contribution in [1.29, 1.82) is 0 Å². The van der Waals surface area contributed by atoms with E-state index in [2.05, 4.69) is 10.3 Å². The summed E-state index contributed by atoms with van der Waals surface area (Å²) in [5.74, 6) is 1.55. The molecule has 7 nitrogen and oxygen atoms in total. The highest BCUT2D eigenvalue weighted by Crippen LogP contribution is 2.27. The fraction of sp³-hybridized carbons (Fsp3) is 0.125. The first-order valence-corrected chi connectivity index (χ1v) is 9.65. The topological polar surface area (TPSA) is 90.7 Å². The Kier molecular flexibility index (Phi) is 5.66. The van der Waals surface area contributed by atoms with Gasteiger partial charge in [-0.2, -0.15) is 0 Å². The van der Waals surface area contributed by atoms with Gasteiger partial charge in [0, 0.05) is 12.3 Å². The minimum absolute atomic E-state index is 0.136. The number of fused-ring (bicyclic) bond motifs is 1. The molecule has 4 rings (SSSR count). The van der Waals surface area contributed by atoms with Crippen LogP contribution < -0.4 is 20.2 Å². The molecule has 0 fully saturated rings. The summed E-state index contributed by atoms with van der Waals surface area (Å²) in [5, 5.41) is 3.03. The van der Waals surface area contributed by atoms with E-state index in [-0.39, 0.29) is 23.7 Å². The van der Waals surface area contributed by atoms with Gasteiger partial charge in [0.25, 0.3) is 5.91 Å². The van der Waals surface area contributed by atoms with Gasteiger partial charge in [-0.05, 0) is 55.8 Å². The van der Waals surface area contributed by atoms with Crippen molar-refractivity contribution in [3.8, 4) is 17.2 Å². The Bertz CT molecular complexity index is 1300. The molecule has 0 spiro atoms. The summed E-state index contributed by atoms with van der Waals surface area (Å²) >= 11 is 0. The number of pyridine rings is 1. The molecule has 2 aromatic carbocycles. The molecule has 31 heavy (non-hydrogen) atoms. The number of amides is 1. The van der Waals surface area contributed by atoms with E-state index in [0.29, 0.717) is 34.0 Å². The molecular weight excluding hydrogens is 396 g/mol. The Balaban J connectivity index is 1.50. The third-order valence-electron chi connectivity index (χ3n) is 4.50. The van der Waals surface area contributed by atoms with E-state index in [1.165, 1.54) is 0 Å². The van der Waals surface area contributed by atoms with E-state index < -0.39 is 0 Å². The van der Waals surface area contributed by atoms with Crippen molar-refractivity contribution in [3.05, 3.63) is 88.4 Å². The Labute approximate surface area is 178 Å². The average molecular weight is 416 g/mol. The monoisotopic (exact) mass is 416 g/mol. The molecule has 0 bridgehead atoms. The third-order valence-corrected chi connectivity index (χ3v) is 4.50. The van der Waals surface area contributed by atoms with Crippen LogP contribution in [0.15, 0.2) is 76.1 Å². The van der Waals surface area contributed by atoms with Gasteiger partial charge < -0.3 is 19.2 Å². The van der Waals surface area contributed by atoms with Gasteiger partial charge in [-0.15, -0.1) is 0 Å². The van der Waals surface area contributed by atoms with E-state index in [1.54, 1.807) is 49.5 Å². The molecular formula is C24H20N2O5. The number of para-hydroxylation sites is 1. The molecule has 1 amide bonds. The molecule has 7 heteroatoms. The van der Waals surface area contributed by atoms with Crippen LogP contribution in [0.5, 0.6) is 17.2 Å². The number of hydrogen-bond donors (Lipinski definition) is 1. The van der Waals surface area contributed by atoms with Gasteiger partial charge in [0.05, 0.1) is 5.39 Å². The molecule has 2 aromatic heterocycles. The quantitative estimate of drug-likeness (QED) is 0.493. The highest BCUT2D eigenvalue weighted by molar-refractivity contribution is 5.91. The summed E-state index contributed by atoms with van der Waals surface area (Å²) in [6.07, 6.45) is 1.62. The Morgan fingerprint density at radius 2 is 1.84 bits per heavy atom. The fourth-order valence-corrected chi connectivity index (χ4v) is 3.01. The third kappa shape index (κ3) is 4.72. The van der Waals surface area contributed by atoms with Crippen LogP contribution >= 0.6 is 0 Å². The predicted octanol–water partition coefficient (Wildman–Crippen LogP) is 4.61. The van der Waals surface area contributed by atoms with Crippen LogP contribution in [0, 0.1) is 13.8 Å². The van der Waals surface area contributed by atoms with Crippen molar-refractivity contribution in [3.63, 3.8) is 0 Å². The molecule has 0 aliphatic rings. The van der Waals surface area contributed by atoms with E-state index >= 15 is 0 Å². The number of nitrogens with one attached hydrogen (secondary N) is 1. The van der Waals surface area contributed by atoms with Gasteiger partial charge in [0.1, 0.15) is 28.7 Å². The van der Waals surface area contributed by atoms with Gasteiger partial charge in [0.15, 0.2) is 6.61 Å². The first kappa shape index (κ1) is 20.2. The van der Waals surface area contributed by atoms with E-state index in [9.17, 15) is 9.59 Å². The molecule has 0 saturated heterocycles. The second-order valence-electron chi connectivity index (χ2n) is 6.94. The number of rotatable bonds is 6. The SMILES string of the molecule is Cc1ccnc(NC(=O)COc2ccc3c(=O)c(Oc4ccccc4)c(C)oc3c2)c1. The highest BCUT2D eigenvalue weighted by atomic mass is 16.5. The second kappa shape index (κ2) is 8.71. The van der Waals surface area contributed by atoms with Crippen LogP contribution in [-0.4, -0.2) is 17.5 Å². The summed E-state index contributed by atoms with van der Waals surface area (Å²) in [4.78, 5) is 29.1. The van der Waals surface area contributed by atoms with Gasteiger partial charge in [-0.3, -0.25) is 9.59 Å². The maximum Gasteiger partial charge on any atom is 0.263 e. The molecule has 0 radical (unpaired) electrons. The minimum Gasteiger partial charge on any atom is -0.484 e. The normalized spacial score (nSPS) is 10.6. The number of hydrogen-bond acceptors (Lipinski definition) is 6. The van der Waals surface area contributed by atoms with Crippen molar-refractivity contribution >= 4 is 22.7 Å². The van der Waals surface area contributed by atoms with Crippen LogP contribution in [0.25, 0.3) is 11.0 Å². The summed E-state index contributed by atoms with van der Waals surface area (Å²) in [7, 11) is 0. The molecule has 0 aliphatic heterocycles. The van der Waals surface area contributed by atoms with Crippen molar-refractivity contribution < 1.29 is 18.7 Å². The zero-order valence-corrected chi connectivity index (χ0v) is 17.0. The standard InChI is InChI=1S/C24H20N2O5/c1-15-10-11-25-21(12-15)26-22(27)14-29-18-8-9-19-20(13-18)30-16(2)24(23(19)28)31-17-6-4-3-5-7-17/h3-13H,14H2,1-2H3,(H,25,26,27). The highest BCUT2D eigenvalue weighted by Gasteiger charge is 2.15. The molecule has 0 saturated carbocycles. The van der Waals surface area contributed by atoms with Crippen LogP contribution in [0.2, 0.25) is 0 Å². The van der Waals surface area contributed by atoms with Crippen LogP contribution in [0.4, 0.5) is 5.82 Å². The smallest absolute Gasteiger partial charge is 0.263 e. The molecule has 4 aromatic rings. The summed E-state index contributed by atoms with van der Waals surface area (Å²) in [6.45, 7) is 3.36. The van der Waals surface area contributed by atoms with Gasteiger partial charge in [0.2, 0.25) is 11.2 Å². The number of benzene rings is 2. The van der Waals surface area contributed by atoms with Crippen LogP contribution in [-0.2, 0) is 4.79 Å². The lowest BCUT2D eigenvalue weighted by molar-refractivity contribution is -0.118. The first-order valence-electron chi connectivity index (χ1n) is 9.65. The molecule has 0 unspecified atom stereocenters. The first-order chi connectivity index (χ1) is 15.0. The number of carbonyl (C=O) groups excluding carboxylic acids is 1. The second-order valence-corrected chi connectivity index (χ2v) is 6.94. The van der Waals surface area contributed by atoms with Crippen LogP contribution in [0.3, 0.4) is 0 Å². The summed E-state index contributed by atoms with van der Waals surface area (Å²) in [6, 6.07) is 17.4. The maximum absolute atomic E-state index is 12.9. The zero-order chi connectivity index (χ0) is 21.8. The largest absolute Gasteiger partial charge is 0.484 e. The molecule has 156 valence electrons. The Hall–Kier alpha value is -4.13. The molecule has 1 N–H and O–H groups in total. The number of ether oxygens (including phenoxy) is 2. The van der Waals surface area contributed by atoms with E-state index in [0.717, 1.165) is 5.56 Å². The van der Waals surface area contributed by atoms with Crippen molar-refractivity contribution in [2.24, 2.45) is 0 Å². The van der Waals surface area contributed by atoms with E-state index in [1.807, 2.05) is 31.2 Å². The summed E-state index contributed by atoms with van der Waals surface area (Å²) < 4.78 is 17.1. The lowest BCUT2D eigenvalue weighted by atomic mass is 10.2. The molecule has 0 atom stereocenters. The van der Waals surface area contributed by atoms with Gasteiger partial charge in [-0.1, -0.05) is 18.2 Å². The maximum atomic E-state index is 12.9. The molecule has 0 aliphatic carbocycles. The number of nitrogens with zero attached hydrogens (tertiary/aromatic N) is 1. The van der Waals surface area contributed by atoms with E-state index in [4.69, 9.17) is 13.9 Å². The Morgan fingerprint density at radius 3 is 2.61 bits per heavy atom.